The van der Waals surface area contributed by atoms with Gasteiger partial charge in [-0.2, -0.15) is 0 Å². The van der Waals surface area contributed by atoms with E-state index in [2.05, 4.69) is 5.32 Å². The molecule has 0 aliphatic rings. The second-order valence-corrected chi connectivity index (χ2v) is 5.16. The van der Waals surface area contributed by atoms with Crippen molar-refractivity contribution < 1.29 is 13.9 Å². The molecular formula is C13H21NO3. The number of nitrogens with one attached hydrogen (secondary N) is 1. The van der Waals surface area contributed by atoms with Crippen LogP contribution in [-0.4, -0.2) is 17.6 Å². The lowest BCUT2D eigenvalue weighted by Gasteiger charge is -2.24. The van der Waals surface area contributed by atoms with Gasteiger partial charge in [0.25, 0.3) is 0 Å². The molecule has 0 spiro atoms. The minimum absolute atomic E-state index is 0.0208. The van der Waals surface area contributed by atoms with Crippen molar-refractivity contribution >= 4 is 5.97 Å². The van der Waals surface area contributed by atoms with E-state index in [-0.39, 0.29) is 18.1 Å². The van der Waals surface area contributed by atoms with E-state index in [1.54, 1.807) is 13.2 Å². The van der Waals surface area contributed by atoms with Gasteiger partial charge in [-0.05, 0) is 46.8 Å². The summed E-state index contributed by atoms with van der Waals surface area (Å²) >= 11 is 0. The molecule has 0 aliphatic heterocycles. The molecule has 1 N–H and O–H groups in total. The third-order valence-corrected chi connectivity index (χ3v) is 2.23. The topological polar surface area (TPSA) is 51.5 Å². The van der Waals surface area contributed by atoms with E-state index in [4.69, 9.17) is 9.15 Å². The van der Waals surface area contributed by atoms with E-state index in [0.29, 0.717) is 0 Å². The van der Waals surface area contributed by atoms with Crippen molar-refractivity contribution in [2.75, 3.05) is 0 Å². The monoisotopic (exact) mass is 239 g/mol. The summed E-state index contributed by atoms with van der Waals surface area (Å²) in [5.74, 6) is 0.552. The smallest absolute Gasteiger partial charge is 0.323 e. The zero-order valence-electron chi connectivity index (χ0n) is 11.1. The van der Waals surface area contributed by atoms with Crippen molar-refractivity contribution in [2.24, 2.45) is 0 Å². The Bertz CT molecular complexity index is 351. The lowest BCUT2D eigenvalue weighted by atomic mass is 10.2. The Hall–Kier alpha value is -1.29. The molecule has 0 saturated carbocycles. The summed E-state index contributed by atoms with van der Waals surface area (Å²) in [7, 11) is 0. The molecular weight excluding hydrogens is 218 g/mol. The lowest BCUT2D eigenvalue weighted by Crippen LogP contribution is -2.40. The van der Waals surface area contributed by atoms with Crippen molar-refractivity contribution in [3.8, 4) is 0 Å². The number of carbonyl (C=O) groups excluding carboxylic acids is 1. The van der Waals surface area contributed by atoms with E-state index in [1.165, 1.54) is 0 Å². The summed E-state index contributed by atoms with van der Waals surface area (Å²) in [6.45, 7) is 9.29. The van der Waals surface area contributed by atoms with Gasteiger partial charge in [0.05, 0.1) is 12.3 Å². The second-order valence-electron chi connectivity index (χ2n) is 5.16. The number of ether oxygens (including phenoxy) is 1. The van der Waals surface area contributed by atoms with E-state index in [9.17, 15) is 4.79 Å². The molecule has 1 aromatic rings. The molecule has 0 bridgehead atoms. The molecule has 0 aromatic carbocycles. The van der Waals surface area contributed by atoms with Gasteiger partial charge in [0.2, 0.25) is 0 Å². The summed E-state index contributed by atoms with van der Waals surface area (Å²) in [4.78, 5) is 11.7. The highest BCUT2D eigenvalue weighted by Gasteiger charge is 2.23. The minimum Gasteiger partial charge on any atom is -0.468 e. The van der Waals surface area contributed by atoms with Crippen LogP contribution in [0.4, 0.5) is 0 Å². The van der Waals surface area contributed by atoms with Gasteiger partial charge in [0.15, 0.2) is 0 Å². The van der Waals surface area contributed by atoms with Crippen LogP contribution in [0.25, 0.3) is 0 Å². The molecule has 2 atom stereocenters. The predicted octanol–water partition coefficient (Wildman–Crippen LogP) is 2.66. The Morgan fingerprint density at radius 2 is 2.06 bits per heavy atom. The predicted molar refractivity (Wildman–Crippen MR) is 65.6 cm³/mol. The Morgan fingerprint density at radius 1 is 1.41 bits per heavy atom. The summed E-state index contributed by atoms with van der Waals surface area (Å²) in [5.41, 5.74) is -0.457. The SMILES string of the molecule is CC(NC(C)c1ccco1)C(=O)OC(C)(C)C. The van der Waals surface area contributed by atoms with Crippen LogP contribution in [0.3, 0.4) is 0 Å². The van der Waals surface area contributed by atoms with Crippen LogP contribution in [0.5, 0.6) is 0 Å². The summed E-state index contributed by atoms with van der Waals surface area (Å²) in [6, 6.07) is 3.31. The second kappa shape index (κ2) is 5.36. The molecule has 0 aliphatic carbocycles. The fourth-order valence-corrected chi connectivity index (χ4v) is 1.45. The maximum Gasteiger partial charge on any atom is 0.323 e. The maximum absolute atomic E-state index is 11.7. The van der Waals surface area contributed by atoms with E-state index < -0.39 is 5.60 Å². The molecule has 0 fully saturated rings. The molecule has 96 valence electrons. The molecule has 4 heteroatoms. The molecule has 1 rings (SSSR count). The normalized spacial score (nSPS) is 15.4. The van der Waals surface area contributed by atoms with Gasteiger partial charge >= 0.3 is 5.97 Å². The van der Waals surface area contributed by atoms with Crippen molar-refractivity contribution in [2.45, 2.75) is 52.3 Å². The average molecular weight is 239 g/mol. The van der Waals surface area contributed by atoms with Crippen molar-refractivity contribution in [3.05, 3.63) is 24.2 Å². The van der Waals surface area contributed by atoms with Crippen LogP contribution < -0.4 is 5.32 Å². The first kappa shape index (κ1) is 13.8. The minimum atomic E-state index is -0.457. The molecule has 0 amide bonds. The highest BCUT2D eigenvalue weighted by atomic mass is 16.6. The number of carbonyl (C=O) groups is 1. The quantitative estimate of drug-likeness (QED) is 0.821. The highest BCUT2D eigenvalue weighted by molar-refractivity contribution is 5.75. The van der Waals surface area contributed by atoms with Crippen LogP contribution in [-0.2, 0) is 9.53 Å². The average Bonchev–Trinajstić information content (AvgIpc) is 2.67. The van der Waals surface area contributed by atoms with Crippen LogP contribution in [0.2, 0.25) is 0 Å². The van der Waals surface area contributed by atoms with E-state index in [1.807, 2.05) is 39.8 Å². The van der Waals surface area contributed by atoms with Gasteiger partial charge in [-0.3, -0.25) is 10.1 Å². The molecule has 0 radical (unpaired) electrons. The summed E-state index contributed by atoms with van der Waals surface area (Å²) in [6.07, 6.45) is 1.62. The zero-order valence-corrected chi connectivity index (χ0v) is 11.1. The first-order valence-electron chi connectivity index (χ1n) is 5.82. The lowest BCUT2D eigenvalue weighted by molar-refractivity contribution is -0.157. The first-order valence-corrected chi connectivity index (χ1v) is 5.82. The molecule has 17 heavy (non-hydrogen) atoms. The van der Waals surface area contributed by atoms with Crippen LogP contribution >= 0.6 is 0 Å². The molecule has 2 unspecified atom stereocenters. The van der Waals surface area contributed by atoms with Gasteiger partial charge < -0.3 is 9.15 Å². The summed E-state index contributed by atoms with van der Waals surface area (Å²) in [5, 5.41) is 3.14. The van der Waals surface area contributed by atoms with Gasteiger partial charge in [0.1, 0.15) is 17.4 Å². The largest absolute Gasteiger partial charge is 0.468 e. The molecule has 4 nitrogen and oxygen atoms in total. The standard InChI is InChI=1S/C13H21NO3/c1-9(11-7-6-8-16-11)14-10(2)12(15)17-13(3,4)5/h6-10,14H,1-5H3. The third kappa shape index (κ3) is 4.61. The summed E-state index contributed by atoms with van der Waals surface area (Å²) < 4.78 is 10.5. The third-order valence-electron chi connectivity index (χ3n) is 2.23. The zero-order chi connectivity index (χ0) is 13.1. The van der Waals surface area contributed by atoms with Gasteiger partial charge in [-0.15, -0.1) is 0 Å². The van der Waals surface area contributed by atoms with Crippen LogP contribution in [0.1, 0.15) is 46.4 Å². The van der Waals surface area contributed by atoms with Gasteiger partial charge in [-0.25, -0.2) is 0 Å². The Morgan fingerprint density at radius 3 is 2.53 bits per heavy atom. The molecule has 1 aromatic heterocycles. The van der Waals surface area contributed by atoms with Crippen LogP contribution in [0, 0.1) is 0 Å². The van der Waals surface area contributed by atoms with E-state index in [0.717, 1.165) is 5.76 Å². The van der Waals surface area contributed by atoms with Crippen molar-refractivity contribution in [1.29, 1.82) is 0 Å². The number of furan rings is 1. The molecule has 0 saturated heterocycles. The number of rotatable bonds is 4. The highest BCUT2D eigenvalue weighted by Crippen LogP contribution is 2.14. The maximum atomic E-state index is 11.7. The van der Waals surface area contributed by atoms with Gasteiger partial charge in [-0.1, -0.05) is 0 Å². The number of hydrogen-bond acceptors (Lipinski definition) is 4. The fraction of sp³-hybridized carbons (Fsp3) is 0.615. The van der Waals surface area contributed by atoms with Crippen LogP contribution in [0.15, 0.2) is 22.8 Å². The fourth-order valence-electron chi connectivity index (χ4n) is 1.45. The Kier molecular flexibility index (Phi) is 4.34. The number of esters is 1. The first-order chi connectivity index (χ1) is 7.79. The Labute approximate surface area is 102 Å². The van der Waals surface area contributed by atoms with Crippen molar-refractivity contribution in [1.82, 2.24) is 5.32 Å². The Balaban J connectivity index is 2.49. The van der Waals surface area contributed by atoms with Crippen molar-refractivity contribution in [3.63, 3.8) is 0 Å². The van der Waals surface area contributed by atoms with E-state index >= 15 is 0 Å². The molecule has 1 heterocycles. The van der Waals surface area contributed by atoms with Gasteiger partial charge in [0, 0.05) is 0 Å². The number of hydrogen-bond donors (Lipinski definition) is 1.